The molecule has 0 radical (unpaired) electrons. The Bertz CT molecular complexity index is 647. The van der Waals surface area contributed by atoms with E-state index >= 15 is 0 Å². The maximum Gasteiger partial charge on any atom is 0.269 e. The monoisotopic (exact) mass is 239 g/mol. The Balaban J connectivity index is 2.00. The van der Waals surface area contributed by atoms with Gasteiger partial charge < -0.3 is 9.84 Å². The molecule has 18 heavy (non-hydrogen) atoms. The Kier molecular flexibility index (Phi) is 2.34. The summed E-state index contributed by atoms with van der Waals surface area (Å²) in [5, 5.41) is 9.33. The minimum absolute atomic E-state index is 0.0294. The molecule has 0 unspecified atom stereocenters. The van der Waals surface area contributed by atoms with Crippen LogP contribution in [-0.2, 0) is 0 Å². The number of carbonyl (C=O) groups is 1. The van der Waals surface area contributed by atoms with Crippen molar-refractivity contribution >= 4 is 17.4 Å². The van der Waals surface area contributed by atoms with Gasteiger partial charge >= 0.3 is 0 Å². The molecule has 0 bridgehead atoms. The normalized spacial score (nSPS) is 15.6. The molecule has 1 heterocycles. The molecule has 88 valence electrons. The van der Waals surface area contributed by atoms with Crippen molar-refractivity contribution in [1.82, 2.24) is 0 Å². The number of carbonyl (C=O) groups excluding carboxylic acids is 1. The molecule has 0 amide bonds. The Morgan fingerprint density at radius 1 is 1.06 bits per heavy atom. The molecule has 0 saturated carbocycles. The zero-order chi connectivity index (χ0) is 12.5. The van der Waals surface area contributed by atoms with E-state index in [1.165, 1.54) is 18.2 Å². The maximum atomic E-state index is 12.0. The molecule has 0 saturated heterocycles. The number of phenols is 1. The predicted molar refractivity (Wildman–Crippen MR) is 66.6 cm³/mol. The van der Waals surface area contributed by atoms with Gasteiger partial charge in [0.25, 0.3) is 11.7 Å². The van der Waals surface area contributed by atoms with Gasteiger partial charge in [-0.2, -0.15) is 0 Å². The number of benzene rings is 2. The third-order valence-corrected chi connectivity index (χ3v) is 2.60. The third-order valence-electron chi connectivity index (χ3n) is 2.60. The van der Waals surface area contributed by atoms with E-state index in [1.807, 2.05) is 18.2 Å². The van der Waals surface area contributed by atoms with E-state index in [4.69, 9.17) is 4.74 Å². The van der Waals surface area contributed by atoms with Crippen LogP contribution in [0.4, 0.5) is 5.69 Å². The summed E-state index contributed by atoms with van der Waals surface area (Å²) < 4.78 is 5.34. The van der Waals surface area contributed by atoms with Crippen molar-refractivity contribution in [1.29, 1.82) is 0 Å². The lowest BCUT2D eigenvalue weighted by molar-refractivity contribution is 0.106. The van der Waals surface area contributed by atoms with Crippen LogP contribution in [0.15, 0.2) is 53.5 Å². The molecular weight excluding hydrogens is 230 g/mol. The van der Waals surface area contributed by atoms with Gasteiger partial charge in [-0.15, -0.1) is 0 Å². The van der Waals surface area contributed by atoms with Crippen molar-refractivity contribution in [2.75, 3.05) is 0 Å². The van der Waals surface area contributed by atoms with Crippen LogP contribution >= 0.6 is 0 Å². The summed E-state index contributed by atoms with van der Waals surface area (Å²) in [4.78, 5) is 16.1. The minimum Gasteiger partial charge on any atom is -0.508 e. The van der Waals surface area contributed by atoms with Crippen LogP contribution in [0.5, 0.6) is 11.5 Å². The molecular formula is C14H9NO3. The molecule has 0 atom stereocenters. The second-order valence-corrected chi connectivity index (χ2v) is 3.86. The zero-order valence-corrected chi connectivity index (χ0v) is 9.33. The average Bonchev–Trinajstić information content (AvgIpc) is 2.67. The first-order valence-corrected chi connectivity index (χ1v) is 5.43. The van der Waals surface area contributed by atoms with Crippen LogP contribution < -0.4 is 4.74 Å². The molecule has 2 aromatic carbocycles. The highest BCUT2D eigenvalue weighted by Gasteiger charge is 2.29. The van der Waals surface area contributed by atoms with Gasteiger partial charge in [-0.25, -0.2) is 4.99 Å². The molecule has 1 N–H and O–H groups in total. The summed E-state index contributed by atoms with van der Waals surface area (Å²) in [5.41, 5.74) is 1.07. The molecule has 2 aromatic rings. The van der Waals surface area contributed by atoms with Crippen molar-refractivity contribution < 1.29 is 14.6 Å². The van der Waals surface area contributed by atoms with Gasteiger partial charge in [0.1, 0.15) is 11.5 Å². The summed E-state index contributed by atoms with van der Waals surface area (Å²) >= 11 is 0. The molecule has 0 spiro atoms. The molecule has 0 fully saturated rings. The van der Waals surface area contributed by atoms with Gasteiger partial charge in [-0.1, -0.05) is 18.2 Å². The Morgan fingerprint density at radius 3 is 2.61 bits per heavy atom. The summed E-state index contributed by atoms with van der Waals surface area (Å²) in [6.45, 7) is 0. The Labute approximate surface area is 103 Å². The smallest absolute Gasteiger partial charge is 0.269 e. The summed E-state index contributed by atoms with van der Waals surface area (Å²) in [5.74, 6) is 0.160. The third kappa shape index (κ3) is 1.73. The van der Waals surface area contributed by atoms with Crippen LogP contribution in [0, 0.1) is 0 Å². The highest BCUT2D eigenvalue weighted by molar-refractivity contribution is 6.46. The van der Waals surface area contributed by atoms with Crippen molar-refractivity contribution in [3.05, 3.63) is 54.1 Å². The van der Waals surface area contributed by atoms with Crippen molar-refractivity contribution in [3.8, 4) is 11.5 Å². The minimum atomic E-state index is -0.270. The molecule has 4 heteroatoms. The second kappa shape index (κ2) is 4.00. The van der Waals surface area contributed by atoms with Gasteiger partial charge in [0.15, 0.2) is 0 Å². The van der Waals surface area contributed by atoms with Crippen molar-refractivity contribution in [3.63, 3.8) is 0 Å². The number of Topliss-reactive ketones (excluding diaryl/α,β-unsaturated/α-hetero) is 1. The zero-order valence-electron chi connectivity index (χ0n) is 9.33. The number of rotatable bonds is 1. The number of phenolic OH excluding ortho intramolecular Hbond substituents is 1. The lowest BCUT2D eigenvalue weighted by atomic mass is 10.1. The van der Waals surface area contributed by atoms with E-state index in [0.717, 1.165) is 0 Å². The summed E-state index contributed by atoms with van der Waals surface area (Å²) in [6, 6.07) is 13.5. The molecule has 0 aliphatic carbocycles. The fourth-order valence-corrected chi connectivity index (χ4v) is 1.74. The van der Waals surface area contributed by atoms with E-state index in [0.29, 0.717) is 17.0 Å². The lowest BCUT2D eigenvalue weighted by Gasteiger charge is -1.97. The highest BCUT2D eigenvalue weighted by atomic mass is 16.5. The topological polar surface area (TPSA) is 58.9 Å². The number of hydrogen-bond donors (Lipinski definition) is 1. The number of fused-ring (bicyclic) bond motifs is 1. The number of ether oxygens (including phenoxy) is 1. The van der Waals surface area contributed by atoms with E-state index < -0.39 is 0 Å². The first-order valence-electron chi connectivity index (χ1n) is 5.43. The van der Waals surface area contributed by atoms with Crippen molar-refractivity contribution in [2.45, 2.75) is 0 Å². The average molecular weight is 239 g/mol. The van der Waals surface area contributed by atoms with Crippen LogP contribution in [0.2, 0.25) is 0 Å². The first-order chi connectivity index (χ1) is 8.74. The standard InChI is InChI=1S/C14H9NO3/c16-10-6-7-11-12(8-10)18-14(13(11)17)15-9-4-2-1-3-5-9/h1-8,16H. The predicted octanol–water partition coefficient (Wildman–Crippen LogP) is 2.70. The van der Waals surface area contributed by atoms with Crippen LogP contribution in [0.25, 0.3) is 0 Å². The van der Waals surface area contributed by atoms with Gasteiger partial charge in [0, 0.05) is 6.07 Å². The highest BCUT2D eigenvalue weighted by Crippen LogP contribution is 2.30. The summed E-state index contributed by atoms with van der Waals surface area (Å²) in [6.07, 6.45) is 0. The molecule has 1 aliphatic rings. The van der Waals surface area contributed by atoms with Crippen LogP contribution in [0.3, 0.4) is 0 Å². The van der Waals surface area contributed by atoms with Crippen LogP contribution in [0.1, 0.15) is 10.4 Å². The number of para-hydroxylation sites is 1. The largest absolute Gasteiger partial charge is 0.508 e. The van der Waals surface area contributed by atoms with E-state index in [-0.39, 0.29) is 17.4 Å². The molecule has 0 aromatic heterocycles. The van der Waals surface area contributed by atoms with E-state index in [2.05, 4.69) is 4.99 Å². The van der Waals surface area contributed by atoms with E-state index in [9.17, 15) is 9.90 Å². The van der Waals surface area contributed by atoms with Crippen LogP contribution in [-0.4, -0.2) is 16.8 Å². The Hall–Kier alpha value is -2.62. The number of ketones is 1. The second-order valence-electron chi connectivity index (χ2n) is 3.86. The summed E-state index contributed by atoms with van der Waals surface area (Å²) in [7, 11) is 0. The first kappa shape index (κ1) is 10.5. The lowest BCUT2D eigenvalue weighted by Crippen LogP contribution is -2.11. The number of nitrogens with zero attached hydrogens (tertiary/aromatic N) is 1. The fourth-order valence-electron chi connectivity index (χ4n) is 1.74. The fraction of sp³-hybridized carbons (Fsp3) is 0. The maximum absolute atomic E-state index is 12.0. The quantitative estimate of drug-likeness (QED) is 0.832. The molecule has 4 nitrogen and oxygen atoms in total. The van der Waals surface area contributed by atoms with Gasteiger partial charge in [-0.05, 0) is 24.3 Å². The Morgan fingerprint density at radius 2 is 1.83 bits per heavy atom. The van der Waals surface area contributed by atoms with Gasteiger partial charge in [0.2, 0.25) is 0 Å². The number of hydrogen-bond acceptors (Lipinski definition) is 4. The van der Waals surface area contributed by atoms with E-state index in [1.54, 1.807) is 12.1 Å². The SMILES string of the molecule is O=C1C(=Nc2ccccc2)Oc2cc(O)ccc21. The number of aliphatic imine (C=N–C) groups is 1. The van der Waals surface area contributed by atoms with Gasteiger partial charge in [-0.3, -0.25) is 4.79 Å². The molecule has 3 rings (SSSR count). The van der Waals surface area contributed by atoms with Gasteiger partial charge in [0.05, 0.1) is 11.3 Å². The number of aromatic hydroxyl groups is 1. The van der Waals surface area contributed by atoms with Crippen molar-refractivity contribution in [2.24, 2.45) is 4.99 Å². The molecule has 1 aliphatic heterocycles.